The number of nitrogens with one attached hydrogen (secondary N) is 1. The number of benzene rings is 1. The molecule has 0 fully saturated rings. The fourth-order valence-corrected chi connectivity index (χ4v) is 1.49. The molecule has 0 radical (unpaired) electrons. The van der Waals surface area contributed by atoms with E-state index in [2.05, 4.69) is 32.2 Å². The van der Waals surface area contributed by atoms with Crippen LogP contribution in [0.25, 0.3) is 0 Å². The maximum absolute atomic E-state index is 8.88. The van der Waals surface area contributed by atoms with Crippen molar-refractivity contribution in [3.05, 3.63) is 29.3 Å². The molecule has 1 rings (SSSR count). The minimum atomic E-state index is 0.436. The molecule has 0 spiro atoms. The van der Waals surface area contributed by atoms with Crippen LogP contribution in [0.5, 0.6) is 5.75 Å². The number of ether oxygens (including phenoxy) is 1. The summed E-state index contributed by atoms with van der Waals surface area (Å²) in [6.45, 7) is 7.24. The van der Waals surface area contributed by atoms with Crippen LogP contribution < -0.4 is 10.1 Å². The van der Waals surface area contributed by atoms with Crippen molar-refractivity contribution >= 4 is 0 Å². The Hall–Kier alpha value is -1.53. The largest absolute Gasteiger partial charge is 0.496 e. The third kappa shape index (κ3) is 3.76. The van der Waals surface area contributed by atoms with Gasteiger partial charge in [0.1, 0.15) is 5.75 Å². The highest BCUT2D eigenvalue weighted by Crippen LogP contribution is 2.19. The highest BCUT2D eigenvalue weighted by Gasteiger charge is 2.09. The van der Waals surface area contributed by atoms with Gasteiger partial charge in [0.05, 0.1) is 18.7 Å². The molecule has 1 unspecified atom stereocenters. The molecule has 92 valence electrons. The summed E-state index contributed by atoms with van der Waals surface area (Å²) < 4.78 is 5.29. The number of rotatable bonds is 5. The van der Waals surface area contributed by atoms with E-state index >= 15 is 0 Å². The Kier molecular flexibility index (Phi) is 4.99. The quantitative estimate of drug-likeness (QED) is 0.849. The van der Waals surface area contributed by atoms with Crippen LogP contribution in [0.3, 0.4) is 0 Å². The average molecular weight is 232 g/mol. The molecule has 1 aromatic rings. The van der Waals surface area contributed by atoms with Crippen molar-refractivity contribution in [2.24, 2.45) is 5.92 Å². The summed E-state index contributed by atoms with van der Waals surface area (Å²) >= 11 is 0. The van der Waals surface area contributed by atoms with Crippen LogP contribution in [0.2, 0.25) is 0 Å². The van der Waals surface area contributed by atoms with Crippen molar-refractivity contribution in [1.29, 1.82) is 5.26 Å². The Morgan fingerprint density at radius 1 is 1.35 bits per heavy atom. The predicted molar refractivity (Wildman–Crippen MR) is 68.8 cm³/mol. The lowest BCUT2D eigenvalue weighted by molar-refractivity contribution is 0.395. The van der Waals surface area contributed by atoms with Gasteiger partial charge in [-0.15, -0.1) is 0 Å². The van der Waals surface area contributed by atoms with Crippen LogP contribution in [0.1, 0.15) is 31.9 Å². The molecule has 17 heavy (non-hydrogen) atoms. The van der Waals surface area contributed by atoms with E-state index in [0.29, 0.717) is 17.5 Å². The summed E-state index contributed by atoms with van der Waals surface area (Å²) in [5.41, 5.74) is 1.69. The monoisotopic (exact) mass is 232 g/mol. The lowest BCUT2D eigenvalue weighted by atomic mass is 10.1. The van der Waals surface area contributed by atoms with Crippen molar-refractivity contribution in [2.45, 2.75) is 33.4 Å². The van der Waals surface area contributed by atoms with Gasteiger partial charge in [-0.1, -0.05) is 13.8 Å². The van der Waals surface area contributed by atoms with Crippen molar-refractivity contribution in [3.8, 4) is 11.8 Å². The SMILES string of the molecule is COc1ccc(C#N)cc1CNC(C)C(C)C. The summed E-state index contributed by atoms with van der Waals surface area (Å²) in [5, 5.41) is 12.3. The Morgan fingerprint density at radius 2 is 2.06 bits per heavy atom. The minimum Gasteiger partial charge on any atom is -0.496 e. The van der Waals surface area contributed by atoms with Crippen molar-refractivity contribution < 1.29 is 4.74 Å². The van der Waals surface area contributed by atoms with E-state index in [1.807, 2.05) is 12.1 Å². The van der Waals surface area contributed by atoms with Gasteiger partial charge in [-0.2, -0.15) is 5.26 Å². The first-order chi connectivity index (χ1) is 8.08. The molecule has 0 saturated heterocycles. The van der Waals surface area contributed by atoms with Crippen LogP contribution >= 0.6 is 0 Å². The van der Waals surface area contributed by atoms with E-state index in [9.17, 15) is 0 Å². The Labute approximate surface area is 103 Å². The van der Waals surface area contributed by atoms with E-state index in [1.165, 1.54) is 0 Å². The molecular formula is C14H20N2O. The molecule has 0 amide bonds. The minimum absolute atomic E-state index is 0.436. The van der Waals surface area contributed by atoms with Crippen molar-refractivity contribution in [3.63, 3.8) is 0 Å². The standard InChI is InChI=1S/C14H20N2O/c1-10(2)11(3)16-9-13-7-12(8-15)5-6-14(13)17-4/h5-7,10-11,16H,9H2,1-4H3. The molecule has 1 N–H and O–H groups in total. The lowest BCUT2D eigenvalue weighted by Gasteiger charge is -2.18. The molecule has 0 aliphatic carbocycles. The van der Waals surface area contributed by atoms with E-state index in [0.717, 1.165) is 17.9 Å². The van der Waals surface area contributed by atoms with E-state index in [-0.39, 0.29) is 0 Å². The molecule has 0 heterocycles. The summed E-state index contributed by atoms with van der Waals surface area (Å²) in [7, 11) is 1.65. The third-order valence-electron chi connectivity index (χ3n) is 3.02. The van der Waals surface area contributed by atoms with Crippen molar-refractivity contribution in [1.82, 2.24) is 5.32 Å². The second kappa shape index (κ2) is 6.27. The highest BCUT2D eigenvalue weighted by molar-refractivity contribution is 5.41. The maximum Gasteiger partial charge on any atom is 0.123 e. The van der Waals surface area contributed by atoms with E-state index < -0.39 is 0 Å². The second-order valence-electron chi connectivity index (χ2n) is 4.55. The number of hydrogen-bond acceptors (Lipinski definition) is 3. The first-order valence-electron chi connectivity index (χ1n) is 5.89. The van der Waals surface area contributed by atoms with Gasteiger partial charge in [0, 0.05) is 18.2 Å². The first-order valence-corrected chi connectivity index (χ1v) is 5.89. The fraction of sp³-hybridized carbons (Fsp3) is 0.500. The maximum atomic E-state index is 8.88. The first kappa shape index (κ1) is 13.5. The topological polar surface area (TPSA) is 45.0 Å². The molecule has 0 bridgehead atoms. The summed E-state index contributed by atoms with van der Waals surface area (Å²) in [5.74, 6) is 1.41. The fourth-order valence-electron chi connectivity index (χ4n) is 1.49. The van der Waals surface area contributed by atoms with Gasteiger partial charge in [0.25, 0.3) is 0 Å². The predicted octanol–water partition coefficient (Wildman–Crippen LogP) is 2.70. The van der Waals surface area contributed by atoms with Gasteiger partial charge >= 0.3 is 0 Å². The van der Waals surface area contributed by atoms with E-state index in [1.54, 1.807) is 13.2 Å². The highest BCUT2D eigenvalue weighted by atomic mass is 16.5. The van der Waals surface area contributed by atoms with Gasteiger partial charge in [0.15, 0.2) is 0 Å². The number of hydrogen-bond donors (Lipinski definition) is 1. The molecule has 0 saturated carbocycles. The van der Waals surface area contributed by atoms with Crippen LogP contribution in [0.4, 0.5) is 0 Å². The van der Waals surface area contributed by atoms with Crippen LogP contribution in [-0.2, 0) is 6.54 Å². The Balaban J connectivity index is 2.78. The molecule has 0 aliphatic heterocycles. The van der Waals surface area contributed by atoms with Crippen LogP contribution in [0, 0.1) is 17.2 Å². The van der Waals surface area contributed by atoms with Gasteiger partial charge in [-0.25, -0.2) is 0 Å². The molecule has 3 heteroatoms. The summed E-state index contributed by atoms with van der Waals surface area (Å²) in [6.07, 6.45) is 0. The van der Waals surface area contributed by atoms with Crippen molar-refractivity contribution in [2.75, 3.05) is 7.11 Å². The van der Waals surface area contributed by atoms with E-state index in [4.69, 9.17) is 10.00 Å². The zero-order chi connectivity index (χ0) is 12.8. The van der Waals surface area contributed by atoms with Gasteiger partial charge < -0.3 is 10.1 Å². The summed E-state index contributed by atoms with van der Waals surface area (Å²) in [6, 6.07) is 8.07. The number of nitrogens with zero attached hydrogens (tertiary/aromatic N) is 1. The smallest absolute Gasteiger partial charge is 0.123 e. The number of methoxy groups -OCH3 is 1. The molecular weight excluding hydrogens is 212 g/mol. The Bertz CT molecular complexity index is 407. The van der Waals surface area contributed by atoms with Gasteiger partial charge in [-0.3, -0.25) is 0 Å². The second-order valence-corrected chi connectivity index (χ2v) is 4.55. The van der Waals surface area contributed by atoms with Crippen LogP contribution in [-0.4, -0.2) is 13.2 Å². The molecule has 0 aromatic heterocycles. The average Bonchev–Trinajstić information content (AvgIpc) is 2.35. The van der Waals surface area contributed by atoms with Gasteiger partial charge in [-0.05, 0) is 31.0 Å². The van der Waals surface area contributed by atoms with Gasteiger partial charge in [0.2, 0.25) is 0 Å². The zero-order valence-electron chi connectivity index (χ0n) is 10.9. The third-order valence-corrected chi connectivity index (χ3v) is 3.02. The number of nitriles is 1. The summed E-state index contributed by atoms with van der Waals surface area (Å²) in [4.78, 5) is 0. The zero-order valence-corrected chi connectivity index (χ0v) is 10.9. The normalized spacial score (nSPS) is 12.2. The molecule has 0 aliphatic rings. The molecule has 1 atom stereocenters. The Morgan fingerprint density at radius 3 is 2.59 bits per heavy atom. The van der Waals surface area contributed by atoms with Crippen LogP contribution in [0.15, 0.2) is 18.2 Å². The molecule has 3 nitrogen and oxygen atoms in total. The molecule has 1 aromatic carbocycles. The lowest BCUT2D eigenvalue weighted by Crippen LogP contribution is -2.30.